The molecule has 0 unspecified atom stereocenters. The summed E-state index contributed by atoms with van der Waals surface area (Å²) in [5.41, 5.74) is 2.03. The number of rotatable bonds is 5. The molecule has 7 heteroatoms. The first-order valence-electron chi connectivity index (χ1n) is 9.04. The van der Waals surface area contributed by atoms with Crippen LogP contribution in [0, 0.1) is 0 Å². The zero-order valence-electron chi connectivity index (χ0n) is 15.4. The fourth-order valence-electron chi connectivity index (χ4n) is 3.09. The van der Waals surface area contributed by atoms with E-state index in [9.17, 15) is 9.59 Å². The largest absolute Gasteiger partial charge is 0.486 e. The average molecular weight is 380 g/mol. The fraction of sp³-hybridized carbons (Fsp3) is 0.238. The monoisotopic (exact) mass is 380 g/mol. The quantitative estimate of drug-likeness (QED) is 0.664. The Labute approximate surface area is 161 Å². The number of carbonyl (C=O) groups excluding carboxylic acids is 2. The number of esters is 1. The molecule has 1 aliphatic heterocycles. The third-order valence-electron chi connectivity index (χ3n) is 4.53. The number of aromatic amines is 1. The summed E-state index contributed by atoms with van der Waals surface area (Å²) in [4.78, 5) is 27.3. The van der Waals surface area contributed by atoms with Crippen LogP contribution in [-0.4, -0.2) is 36.7 Å². The van der Waals surface area contributed by atoms with Crippen LogP contribution in [-0.2, 0) is 9.53 Å². The summed E-state index contributed by atoms with van der Waals surface area (Å²) in [6, 6.07) is 14.5. The SMILES string of the molecule is C[C@H](NC(=O)COC(=O)c1cc2ccccc2[nH]1)c1ccc2c(c1)OCCO2. The van der Waals surface area contributed by atoms with Gasteiger partial charge in [-0.3, -0.25) is 4.79 Å². The Morgan fingerprint density at radius 2 is 1.89 bits per heavy atom. The summed E-state index contributed by atoms with van der Waals surface area (Å²) in [6.45, 7) is 2.52. The molecule has 2 heterocycles. The second-order valence-electron chi connectivity index (χ2n) is 6.54. The van der Waals surface area contributed by atoms with Gasteiger partial charge in [-0.15, -0.1) is 0 Å². The van der Waals surface area contributed by atoms with Crippen molar-refractivity contribution in [3.63, 3.8) is 0 Å². The third-order valence-corrected chi connectivity index (χ3v) is 4.53. The van der Waals surface area contributed by atoms with Crippen molar-refractivity contribution in [2.45, 2.75) is 13.0 Å². The standard InChI is InChI=1S/C21H20N2O5/c1-13(14-6-7-18-19(11-14)27-9-8-26-18)22-20(24)12-28-21(25)17-10-15-4-2-3-5-16(15)23-17/h2-7,10-11,13,23H,8-9,12H2,1H3,(H,22,24)/t13-/m0/s1. The van der Waals surface area contributed by atoms with E-state index in [4.69, 9.17) is 14.2 Å². The van der Waals surface area contributed by atoms with Gasteiger partial charge in [0.1, 0.15) is 18.9 Å². The first-order valence-corrected chi connectivity index (χ1v) is 9.04. The van der Waals surface area contributed by atoms with Crippen molar-refractivity contribution in [1.29, 1.82) is 0 Å². The van der Waals surface area contributed by atoms with Crippen LogP contribution in [0.1, 0.15) is 29.0 Å². The summed E-state index contributed by atoms with van der Waals surface area (Å²) in [5, 5.41) is 3.72. The summed E-state index contributed by atoms with van der Waals surface area (Å²) in [5.74, 6) is 0.404. The number of fused-ring (bicyclic) bond motifs is 2. The van der Waals surface area contributed by atoms with Gasteiger partial charge >= 0.3 is 5.97 Å². The molecule has 0 bridgehead atoms. The molecule has 0 aliphatic carbocycles. The van der Waals surface area contributed by atoms with Gasteiger partial charge in [-0.05, 0) is 36.8 Å². The molecule has 0 spiro atoms. The lowest BCUT2D eigenvalue weighted by Crippen LogP contribution is -2.31. The molecular formula is C21H20N2O5. The summed E-state index contributed by atoms with van der Waals surface area (Å²) in [6.07, 6.45) is 0. The second kappa shape index (κ2) is 7.64. The van der Waals surface area contributed by atoms with Crippen molar-refractivity contribution in [1.82, 2.24) is 10.3 Å². The lowest BCUT2D eigenvalue weighted by Gasteiger charge is -2.21. The number of nitrogens with one attached hydrogen (secondary N) is 2. The molecule has 2 aromatic carbocycles. The third kappa shape index (κ3) is 3.78. The van der Waals surface area contributed by atoms with Gasteiger partial charge in [0.2, 0.25) is 0 Å². The maximum absolute atomic E-state index is 12.2. The van der Waals surface area contributed by atoms with Crippen LogP contribution >= 0.6 is 0 Å². The van der Waals surface area contributed by atoms with Crippen LogP contribution in [0.25, 0.3) is 10.9 Å². The number of ether oxygens (including phenoxy) is 3. The Morgan fingerprint density at radius 1 is 1.11 bits per heavy atom. The molecule has 1 aliphatic rings. The zero-order valence-corrected chi connectivity index (χ0v) is 15.4. The Morgan fingerprint density at radius 3 is 2.71 bits per heavy atom. The van der Waals surface area contributed by atoms with Crippen LogP contribution in [0.15, 0.2) is 48.5 Å². The predicted molar refractivity (Wildman–Crippen MR) is 103 cm³/mol. The zero-order chi connectivity index (χ0) is 19.5. The van der Waals surface area contributed by atoms with Crippen LogP contribution in [0.5, 0.6) is 11.5 Å². The van der Waals surface area contributed by atoms with Crippen molar-refractivity contribution < 1.29 is 23.8 Å². The number of benzene rings is 2. The fourth-order valence-corrected chi connectivity index (χ4v) is 3.09. The molecule has 7 nitrogen and oxygen atoms in total. The van der Waals surface area contributed by atoms with Gasteiger partial charge < -0.3 is 24.5 Å². The molecule has 0 radical (unpaired) electrons. The van der Waals surface area contributed by atoms with Gasteiger partial charge in [-0.1, -0.05) is 24.3 Å². The number of amides is 1. The van der Waals surface area contributed by atoms with Gasteiger partial charge in [0.25, 0.3) is 5.91 Å². The van der Waals surface area contributed by atoms with E-state index in [1.807, 2.05) is 49.4 Å². The van der Waals surface area contributed by atoms with E-state index in [0.29, 0.717) is 30.4 Å². The van der Waals surface area contributed by atoms with Crippen molar-refractivity contribution in [3.8, 4) is 11.5 Å². The maximum atomic E-state index is 12.2. The normalized spacial score (nSPS) is 13.8. The summed E-state index contributed by atoms with van der Waals surface area (Å²) >= 11 is 0. The van der Waals surface area contributed by atoms with E-state index in [1.54, 1.807) is 6.07 Å². The van der Waals surface area contributed by atoms with Crippen LogP contribution in [0.2, 0.25) is 0 Å². The summed E-state index contributed by atoms with van der Waals surface area (Å²) < 4.78 is 16.2. The highest BCUT2D eigenvalue weighted by Gasteiger charge is 2.17. The van der Waals surface area contributed by atoms with Gasteiger partial charge in [-0.25, -0.2) is 4.79 Å². The molecule has 4 rings (SSSR count). The minimum Gasteiger partial charge on any atom is -0.486 e. The van der Waals surface area contributed by atoms with Crippen molar-refractivity contribution in [3.05, 3.63) is 59.8 Å². The molecule has 0 saturated carbocycles. The molecule has 0 fully saturated rings. The van der Waals surface area contributed by atoms with Crippen molar-refractivity contribution in [2.75, 3.05) is 19.8 Å². The predicted octanol–water partition coefficient (Wildman–Crippen LogP) is 2.97. The first-order chi connectivity index (χ1) is 13.6. The van der Waals surface area contributed by atoms with E-state index in [1.165, 1.54) is 0 Å². The topological polar surface area (TPSA) is 89.7 Å². The van der Waals surface area contributed by atoms with Gasteiger partial charge in [0, 0.05) is 10.9 Å². The molecule has 2 N–H and O–H groups in total. The van der Waals surface area contributed by atoms with Crippen LogP contribution in [0.4, 0.5) is 0 Å². The molecule has 1 atom stereocenters. The molecule has 1 amide bonds. The average Bonchev–Trinajstić information content (AvgIpc) is 3.16. The van der Waals surface area contributed by atoms with E-state index in [-0.39, 0.29) is 18.6 Å². The maximum Gasteiger partial charge on any atom is 0.355 e. The van der Waals surface area contributed by atoms with E-state index in [0.717, 1.165) is 16.5 Å². The highest BCUT2D eigenvalue weighted by atomic mass is 16.6. The molecule has 3 aromatic rings. The Bertz CT molecular complexity index is 994. The Kier molecular flexibility index (Phi) is 4.89. The smallest absolute Gasteiger partial charge is 0.355 e. The molecule has 144 valence electrons. The molecular weight excluding hydrogens is 360 g/mol. The first kappa shape index (κ1) is 17.9. The van der Waals surface area contributed by atoms with Gasteiger partial charge in [0.05, 0.1) is 6.04 Å². The minimum atomic E-state index is -0.571. The lowest BCUT2D eigenvalue weighted by molar-refractivity contribution is -0.124. The minimum absolute atomic E-state index is 0.268. The second-order valence-corrected chi connectivity index (χ2v) is 6.54. The van der Waals surface area contributed by atoms with Crippen molar-refractivity contribution >= 4 is 22.8 Å². The van der Waals surface area contributed by atoms with E-state index in [2.05, 4.69) is 10.3 Å². The molecule has 0 saturated heterocycles. The number of H-pyrrole nitrogens is 1. The van der Waals surface area contributed by atoms with E-state index >= 15 is 0 Å². The number of carbonyl (C=O) groups is 2. The van der Waals surface area contributed by atoms with Crippen LogP contribution < -0.4 is 14.8 Å². The number of hydrogen-bond donors (Lipinski definition) is 2. The molecule has 28 heavy (non-hydrogen) atoms. The number of aromatic nitrogens is 1. The van der Waals surface area contributed by atoms with Gasteiger partial charge in [-0.2, -0.15) is 0 Å². The molecule has 1 aromatic heterocycles. The Balaban J connectivity index is 1.33. The Hall–Kier alpha value is -3.48. The number of hydrogen-bond acceptors (Lipinski definition) is 5. The van der Waals surface area contributed by atoms with Crippen molar-refractivity contribution in [2.24, 2.45) is 0 Å². The summed E-state index contributed by atoms with van der Waals surface area (Å²) in [7, 11) is 0. The highest BCUT2D eigenvalue weighted by molar-refractivity contribution is 5.95. The van der Waals surface area contributed by atoms with Gasteiger partial charge in [0.15, 0.2) is 18.1 Å². The van der Waals surface area contributed by atoms with E-state index < -0.39 is 5.97 Å². The highest BCUT2D eigenvalue weighted by Crippen LogP contribution is 2.32. The van der Waals surface area contributed by atoms with Crippen LogP contribution in [0.3, 0.4) is 0 Å². The number of para-hydroxylation sites is 1. The lowest BCUT2D eigenvalue weighted by atomic mass is 10.1.